The van der Waals surface area contributed by atoms with Crippen LogP contribution in [-0.2, 0) is 0 Å². The van der Waals surface area contributed by atoms with E-state index in [1.165, 1.54) is 135 Å². The van der Waals surface area contributed by atoms with E-state index in [9.17, 15) is 5.11 Å². The monoisotopic (exact) mass is 665 g/mol. The maximum absolute atomic E-state index is 9.84. The summed E-state index contributed by atoms with van der Waals surface area (Å²) in [6.45, 7) is 4.39. The Labute approximate surface area is 227 Å². The maximum atomic E-state index is 9.84. The van der Waals surface area contributed by atoms with E-state index in [-0.39, 0.29) is 30.1 Å². The summed E-state index contributed by atoms with van der Waals surface area (Å²) in [6, 6.07) is 0. The number of rotatable bonds is 24. The van der Waals surface area contributed by atoms with Crippen LogP contribution in [0.4, 0.5) is 0 Å². The molecule has 4 heteroatoms. The van der Waals surface area contributed by atoms with E-state index in [1.54, 1.807) is 0 Å². The van der Waals surface area contributed by atoms with Crippen molar-refractivity contribution in [2.24, 2.45) is 0 Å². The van der Waals surface area contributed by atoms with Crippen molar-refractivity contribution in [3.63, 3.8) is 0 Å². The number of hydrogen-bond donors (Lipinski definition) is 1. The van der Waals surface area contributed by atoms with E-state index in [0.717, 1.165) is 15.5 Å². The van der Waals surface area contributed by atoms with Crippen molar-refractivity contribution in [3.05, 3.63) is 0 Å². The predicted octanol–water partition coefficient (Wildman–Crippen LogP) is 5.68. The predicted molar refractivity (Wildman–Crippen MR) is 145 cm³/mol. The number of nitrogens with zero attached hydrogens (tertiary/aromatic N) is 1. The van der Waals surface area contributed by atoms with Gasteiger partial charge in [-0.2, -0.15) is 0 Å². The lowest BCUT2D eigenvalue weighted by Gasteiger charge is -2.31. The van der Waals surface area contributed by atoms with Gasteiger partial charge in [0.25, 0.3) is 0 Å². The summed E-state index contributed by atoms with van der Waals surface area (Å²) in [6.07, 6.45) is 28.6. The molecule has 2 nitrogen and oxygen atoms in total. The molecule has 0 saturated carbocycles. The lowest BCUT2D eigenvalue weighted by Crippen LogP contribution is -3.00. The highest BCUT2D eigenvalue weighted by molar-refractivity contribution is 14.1. The summed E-state index contributed by atoms with van der Waals surface area (Å²) < 4.78 is 1.81. The summed E-state index contributed by atoms with van der Waals surface area (Å²) in [5, 5.41) is 9.84. The smallest absolute Gasteiger partial charge is 0.112 e. The average Bonchev–Trinajstić information content (AvgIpc) is 2.71. The number of quaternary nitrogens is 1. The van der Waals surface area contributed by atoms with Crippen LogP contribution in [0.3, 0.4) is 0 Å². The topological polar surface area (TPSA) is 20.2 Å². The van der Waals surface area contributed by atoms with Gasteiger partial charge in [-0.15, -0.1) is 0 Å². The second-order valence-corrected chi connectivity index (χ2v) is 11.2. The number of halogens is 2. The van der Waals surface area contributed by atoms with Gasteiger partial charge in [0.15, 0.2) is 0 Å². The summed E-state index contributed by atoms with van der Waals surface area (Å²) in [4.78, 5) is 0. The summed E-state index contributed by atoms with van der Waals surface area (Å²) in [5.74, 6) is 0. The summed E-state index contributed by atoms with van der Waals surface area (Å²) in [5.41, 5.74) is 0. The Morgan fingerprint density at radius 2 is 0.871 bits per heavy atom. The quantitative estimate of drug-likeness (QED) is 0.0609. The number of hydrogen-bond acceptors (Lipinski definition) is 1. The first-order valence-electron chi connectivity index (χ1n) is 13.6. The van der Waals surface area contributed by atoms with Gasteiger partial charge in [-0.25, -0.2) is 0 Å². The summed E-state index contributed by atoms with van der Waals surface area (Å²) in [7, 11) is 4.51. The third-order valence-electron chi connectivity index (χ3n) is 6.50. The van der Waals surface area contributed by atoms with E-state index < -0.39 is 0 Å². The fraction of sp³-hybridized carbons (Fsp3) is 1.00. The molecule has 0 spiro atoms. The van der Waals surface area contributed by atoms with E-state index in [0.29, 0.717) is 0 Å². The fourth-order valence-corrected chi connectivity index (χ4v) is 4.78. The molecule has 31 heavy (non-hydrogen) atoms. The highest BCUT2D eigenvalue weighted by Crippen LogP contribution is 2.15. The van der Waals surface area contributed by atoms with Crippen molar-refractivity contribution in [1.29, 1.82) is 0 Å². The zero-order chi connectivity index (χ0) is 22.3. The van der Waals surface area contributed by atoms with Crippen LogP contribution >= 0.6 is 22.6 Å². The zero-order valence-corrected chi connectivity index (χ0v) is 25.8. The Hall–Kier alpha value is 1.38. The van der Waals surface area contributed by atoms with Crippen LogP contribution in [0.1, 0.15) is 135 Å². The van der Waals surface area contributed by atoms with Crippen LogP contribution in [0.25, 0.3) is 0 Å². The molecule has 1 unspecified atom stereocenters. The second-order valence-electron chi connectivity index (χ2n) is 10.4. The average molecular weight is 666 g/mol. The van der Waals surface area contributed by atoms with Crippen molar-refractivity contribution < 1.29 is 33.6 Å². The highest BCUT2D eigenvalue weighted by Gasteiger charge is 2.18. The van der Waals surface area contributed by atoms with E-state index in [1.807, 2.05) is 0 Å². The summed E-state index contributed by atoms with van der Waals surface area (Å²) >= 11 is 2.28. The van der Waals surface area contributed by atoms with Gasteiger partial charge >= 0.3 is 0 Å². The first kappa shape index (κ1) is 34.5. The molecule has 0 saturated heterocycles. The Balaban J connectivity index is 0. The third kappa shape index (κ3) is 27.5. The van der Waals surface area contributed by atoms with Crippen LogP contribution < -0.4 is 24.0 Å². The SMILES string of the molecule is CCCCCCCCCCCCCCCCCCCCCC[N+](C)(C)CC(O)CI.[I-]. The van der Waals surface area contributed by atoms with Crippen LogP contribution in [0, 0.1) is 0 Å². The van der Waals surface area contributed by atoms with E-state index >= 15 is 0 Å². The molecule has 0 aromatic heterocycles. The van der Waals surface area contributed by atoms with Gasteiger partial charge in [-0.3, -0.25) is 0 Å². The molecule has 0 aromatic carbocycles. The molecule has 0 bridgehead atoms. The Morgan fingerprint density at radius 3 is 1.16 bits per heavy atom. The molecular weight excluding hydrogens is 608 g/mol. The molecule has 0 radical (unpaired) electrons. The maximum Gasteiger partial charge on any atom is 0.112 e. The van der Waals surface area contributed by atoms with Gasteiger partial charge in [-0.1, -0.05) is 145 Å². The second kappa shape index (κ2) is 26.0. The van der Waals surface area contributed by atoms with Crippen molar-refractivity contribution in [2.45, 2.75) is 141 Å². The van der Waals surface area contributed by atoms with Gasteiger partial charge < -0.3 is 33.6 Å². The molecule has 190 valence electrons. The Kier molecular flexibility index (Phi) is 29.0. The molecule has 1 N–H and O–H groups in total. The van der Waals surface area contributed by atoms with Crippen molar-refractivity contribution >= 4 is 22.6 Å². The van der Waals surface area contributed by atoms with Crippen molar-refractivity contribution in [1.82, 2.24) is 0 Å². The number of aliphatic hydroxyl groups is 1. The Morgan fingerprint density at radius 1 is 0.581 bits per heavy atom. The standard InChI is InChI=1S/C27H57INO.HI/c1-4-5-6-7-8-9-10-11-12-13-14-15-16-17-18-19-20-21-22-23-24-29(2,3)26-27(30)25-28;/h27,30H,4-26H2,1-3H3;1H/q+1;/p-1. The van der Waals surface area contributed by atoms with Gasteiger partial charge in [0.2, 0.25) is 0 Å². The first-order valence-corrected chi connectivity index (χ1v) is 15.1. The molecule has 0 heterocycles. The van der Waals surface area contributed by atoms with Crippen LogP contribution in [0.15, 0.2) is 0 Å². The molecule has 0 fully saturated rings. The minimum atomic E-state index is -0.147. The van der Waals surface area contributed by atoms with E-state index in [4.69, 9.17) is 0 Å². The fourth-order valence-electron chi connectivity index (χ4n) is 4.51. The molecule has 0 aliphatic rings. The minimum Gasteiger partial charge on any atom is -1.00 e. The highest BCUT2D eigenvalue weighted by atomic mass is 127. The van der Waals surface area contributed by atoms with Crippen LogP contribution in [0.2, 0.25) is 0 Å². The molecule has 0 rings (SSSR count). The number of aliphatic hydroxyl groups excluding tert-OH is 1. The number of alkyl halides is 1. The Bertz CT molecular complexity index is 339. The minimum absolute atomic E-state index is 0. The van der Waals surface area contributed by atoms with E-state index in [2.05, 4.69) is 43.6 Å². The van der Waals surface area contributed by atoms with Crippen LogP contribution in [-0.4, -0.2) is 47.3 Å². The number of unbranched alkanes of at least 4 members (excludes halogenated alkanes) is 19. The third-order valence-corrected chi connectivity index (χ3v) is 7.52. The molecule has 1 atom stereocenters. The van der Waals surface area contributed by atoms with Gasteiger partial charge in [0, 0.05) is 4.43 Å². The van der Waals surface area contributed by atoms with Crippen molar-refractivity contribution in [3.8, 4) is 0 Å². The van der Waals surface area contributed by atoms with Crippen molar-refractivity contribution in [2.75, 3.05) is 31.6 Å². The largest absolute Gasteiger partial charge is 1.00 e. The van der Waals surface area contributed by atoms with Gasteiger partial charge in [0.1, 0.15) is 12.6 Å². The lowest BCUT2D eigenvalue weighted by atomic mass is 10.0. The lowest BCUT2D eigenvalue weighted by molar-refractivity contribution is -0.893. The first-order chi connectivity index (χ1) is 14.5. The normalized spacial score (nSPS) is 12.7. The van der Waals surface area contributed by atoms with Crippen LogP contribution in [0.5, 0.6) is 0 Å². The van der Waals surface area contributed by atoms with Gasteiger partial charge in [0.05, 0.1) is 20.6 Å². The zero-order valence-electron chi connectivity index (χ0n) is 21.5. The molecular formula is C27H57I2NO. The van der Waals surface area contributed by atoms with Gasteiger partial charge in [-0.05, 0) is 12.8 Å². The molecule has 0 amide bonds. The molecule has 0 aromatic rings. The number of likely N-dealkylation sites (N-methyl/N-ethyl adjacent to an activating group) is 1. The molecule has 0 aliphatic carbocycles. The molecule has 0 aliphatic heterocycles.